The fourth-order valence-corrected chi connectivity index (χ4v) is 4.76. The molecular formula is C15H20ClNOS. The minimum Gasteiger partial charge on any atom is -0.493 e. The van der Waals surface area contributed by atoms with Gasteiger partial charge in [0.15, 0.2) is 0 Å². The number of fused-ring (bicyclic) bond motifs is 1. The van der Waals surface area contributed by atoms with Crippen LogP contribution in [0.1, 0.15) is 18.1 Å². The molecule has 0 saturated carbocycles. The lowest BCUT2D eigenvalue weighted by Gasteiger charge is -2.20. The van der Waals surface area contributed by atoms with Gasteiger partial charge in [0.1, 0.15) is 5.75 Å². The van der Waals surface area contributed by atoms with Gasteiger partial charge in [0, 0.05) is 23.2 Å². The first-order chi connectivity index (χ1) is 9.28. The maximum absolute atomic E-state index is 6.24. The molecule has 0 aromatic heterocycles. The quantitative estimate of drug-likeness (QED) is 0.922. The van der Waals surface area contributed by atoms with E-state index in [0.29, 0.717) is 12.0 Å². The summed E-state index contributed by atoms with van der Waals surface area (Å²) < 4.78 is 5.80. The molecule has 104 valence electrons. The first-order valence-electron chi connectivity index (χ1n) is 7.03. The van der Waals surface area contributed by atoms with Gasteiger partial charge in [0.25, 0.3) is 0 Å². The van der Waals surface area contributed by atoms with Gasteiger partial charge in [-0.1, -0.05) is 18.5 Å². The summed E-state index contributed by atoms with van der Waals surface area (Å²) in [5.74, 6) is 4.26. The normalized spacial score (nSPS) is 25.4. The molecule has 2 atom stereocenters. The number of benzene rings is 1. The first-order valence-corrected chi connectivity index (χ1v) is 8.56. The molecule has 0 amide bonds. The third-order valence-electron chi connectivity index (χ3n) is 3.97. The summed E-state index contributed by atoms with van der Waals surface area (Å²) >= 11 is 8.29. The monoisotopic (exact) mass is 297 g/mol. The lowest BCUT2D eigenvalue weighted by atomic mass is 9.93. The highest BCUT2D eigenvalue weighted by Crippen LogP contribution is 2.36. The Kier molecular flexibility index (Phi) is 4.25. The Balaban J connectivity index is 1.79. The van der Waals surface area contributed by atoms with Crippen LogP contribution in [0.4, 0.5) is 0 Å². The van der Waals surface area contributed by atoms with Crippen LogP contribution in [-0.4, -0.2) is 30.7 Å². The number of halogens is 1. The summed E-state index contributed by atoms with van der Waals surface area (Å²) in [6, 6.07) is 4.78. The fraction of sp³-hybridized carbons (Fsp3) is 0.600. The second-order valence-corrected chi connectivity index (χ2v) is 6.83. The van der Waals surface area contributed by atoms with Crippen LogP contribution in [0.5, 0.6) is 5.75 Å². The Morgan fingerprint density at radius 1 is 1.42 bits per heavy atom. The van der Waals surface area contributed by atoms with Crippen molar-refractivity contribution < 1.29 is 4.74 Å². The summed E-state index contributed by atoms with van der Waals surface area (Å²) in [6.45, 7) is 4.03. The minimum atomic E-state index is 0.631. The van der Waals surface area contributed by atoms with Gasteiger partial charge < -0.3 is 10.1 Å². The molecule has 0 radical (unpaired) electrons. The molecule has 2 unspecified atom stereocenters. The summed E-state index contributed by atoms with van der Waals surface area (Å²) in [5.41, 5.74) is 2.59. The molecule has 19 heavy (non-hydrogen) atoms. The SMILES string of the molecule is CCNC1CSCC1Cc1cc(Cl)cc2c1OCC2. The van der Waals surface area contributed by atoms with E-state index >= 15 is 0 Å². The number of hydrogen-bond donors (Lipinski definition) is 1. The van der Waals surface area contributed by atoms with Crippen LogP contribution in [0.3, 0.4) is 0 Å². The van der Waals surface area contributed by atoms with Gasteiger partial charge in [-0.15, -0.1) is 0 Å². The Bertz CT molecular complexity index is 466. The smallest absolute Gasteiger partial charge is 0.125 e. The summed E-state index contributed by atoms with van der Waals surface area (Å²) in [5, 5.41) is 4.45. The second-order valence-electron chi connectivity index (χ2n) is 5.32. The van der Waals surface area contributed by atoms with Crippen LogP contribution in [0.2, 0.25) is 5.02 Å². The summed E-state index contributed by atoms with van der Waals surface area (Å²) in [6.07, 6.45) is 2.08. The molecule has 2 nitrogen and oxygen atoms in total. The maximum Gasteiger partial charge on any atom is 0.125 e. The maximum atomic E-state index is 6.24. The van der Waals surface area contributed by atoms with E-state index < -0.39 is 0 Å². The number of thioether (sulfide) groups is 1. The molecule has 1 fully saturated rings. The van der Waals surface area contributed by atoms with E-state index in [1.807, 2.05) is 0 Å². The molecule has 1 N–H and O–H groups in total. The highest BCUT2D eigenvalue weighted by molar-refractivity contribution is 7.99. The topological polar surface area (TPSA) is 21.3 Å². The van der Waals surface area contributed by atoms with Crippen molar-refractivity contribution in [3.05, 3.63) is 28.3 Å². The highest BCUT2D eigenvalue weighted by atomic mass is 35.5. The summed E-state index contributed by atoms with van der Waals surface area (Å²) in [7, 11) is 0. The standard InChI is InChI=1S/C15H20ClNOS/c1-2-17-14-9-19-8-12(14)5-11-7-13(16)6-10-3-4-18-15(10)11/h6-7,12,14,17H,2-5,8-9H2,1H3. The van der Waals surface area contributed by atoms with Gasteiger partial charge in [0.05, 0.1) is 6.61 Å². The van der Waals surface area contributed by atoms with Crippen LogP contribution >= 0.6 is 23.4 Å². The third-order valence-corrected chi connectivity index (χ3v) is 5.45. The van der Waals surface area contributed by atoms with Gasteiger partial charge in [0.2, 0.25) is 0 Å². The minimum absolute atomic E-state index is 0.631. The average Bonchev–Trinajstić information content (AvgIpc) is 2.99. The van der Waals surface area contributed by atoms with Gasteiger partial charge in [-0.3, -0.25) is 0 Å². The van der Waals surface area contributed by atoms with Gasteiger partial charge in [-0.2, -0.15) is 11.8 Å². The largest absolute Gasteiger partial charge is 0.493 e. The molecule has 2 aliphatic rings. The van der Waals surface area contributed by atoms with E-state index in [1.54, 1.807) is 0 Å². The zero-order valence-electron chi connectivity index (χ0n) is 11.2. The molecule has 0 spiro atoms. The number of ether oxygens (including phenoxy) is 1. The molecule has 2 aliphatic heterocycles. The Hall–Kier alpha value is -0.380. The van der Waals surface area contributed by atoms with Crippen LogP contribution < -0.4 is 10.1 Å². The van der Waals surface area contributed by atoms with Crippen molar-refractivity contribution in [1.82, 2.24) is 5.32 Å². The molecule has 2 heterocycles. The summed E-state index contributed by atoms with van der Waals surface area (Å²) in [4.78, 5) is 0. The molecule has 0 bridgehead atoms. The van der Waals surface area contributed by atoms with Crippen molar-refractivity contribution in [2.75, 3.05) is 24.7 Å². The zero-order valence-corrected chi connectivity index (χ0v) is 12.8. The van der Waals surface area contributed by atoms with E-state index in [-0.39, 0.29) is 0 Å². The fourth-order valence-electron chi connectivity index (χ4n) is 3.07. The molecule has 1 aromatic rings. The zero-order chi connectivity index (χ0) is 13.2. The van der Waals surface area contributed by atoms with E-state index in [0.717, 1.165) is 36.8 Å². The van der Waals surface area contributed by atoms with E-state index in [4.69, 9.17) is 16.3 Å². The van der Waals surface area contributed by atoms with Crippen molar-refractivity contribution in [2.45, 2.75) is 25.8 Å². The average molecular weight is 298 g/mol. The molecule has 0 aliphatic carbocycles. The van der Waals surface area contributed by atoms with Crippen molar-refractivity contribution in [1.29, 1.82) is 0 Å². The Morgan fingerprint density at radius 3 is 3.16 bits per heavy atom. The van der Waals surface area contributed by atoms with Crippen molar-refractivity contribution >= 4 is 23.4 Å². The molecule has 1 aromatic carbocycles. The number of nitrogens with one attached hydrogen (secondary N) is 1. The predicted octanol–water partition coefficient (Wildman–Crippen LogP) is 3.16. The van der Waals surface area contributed by atoms with Crippen LogP contribution in [0, 0.1) is 5.92 Å². The Labute approximate surface area is 124 Å². The number of hydrogen-bond acceptors (Lipinski definition) is 3. The molecule has 3 rings (SSSR count). The van der Waals surface area contributed by atoms with Crippen LogP contribution in [-0.2, 0) is 12.8 Å². The van der Waals surface area contributed by atoms with Crippen molar-refractivity contribution in [2.24, 2.45) is 5.92 Å². The van der Waals surface area contributed by atoms with Gasteiger partial charge in [-0.05, 0) is 47.9 Å². The first kappa shape index (κ1) is 13.6. The molecule has 4 heteroatoms. The lowest BCUT2D eigenvalue weighted by Crippen LogP contribution is -2.36. The number of rotatable bonds is 4. The van der Waals surface area contributed by atoms with Crippen LogP contribution in [0.15, 0.2) is 12.1 Å². The van der Waals surface area contributed by atoms with Gasteiger partial charge >= 0.3 is 0 Å². The van der Waals surface area contributed by atoms with E-state index in [1.165, 1.54) is 22.6 Å². The Morgan fingerprint density at radius 2 is 2.32 bits per heavy atom. The van der Waals surface area contributed by atoms with E-state index in [2.05, 4.69) is 36.1 Å². The van der Waals surface area contributed by atoms with Gasteiger partial charge in [-0.25, -0.2) is 0 Å². The highest BCUT2D eigenvalue weighted by Gasteiger charge is 2.29. The van der Waals surface area contributed by atoms with Crippen molar-refractivity contribution in [3.8, 4) is 5.75 Å². The molecule has 1 saturated heterocycles. The van der Waals surface area contributed by atoms with E-state index in [9.17, 15) is 0 Å². The van der Waals surface area contributed by atoms with Crippen molar-refractivity contribution in [3.63, 3.8) is 0 Å². The molecular weight excluding hydrogens is 278 g/mol. The van der Waals surface area contributed by atoms with Crippen LogP contribution in [0.25, 0.3) is 0 Å². The third kappa shape index (κ3) is 2.88. The predicted molar refractivity (Wildman–Crippen MR) is 82.6 cm³/mol. The second kappa shape index (κ2) is 5.94. The lowest BCUT2D eigenvalue weighted by molar-refractivity contribution is 0.349.